The first-order valence-corrected chi connectivity index (χ1v) is 8.24. The van der Waals surface area contributed by atoms with Crippen molar-refractivity contribution in [2.24, 2.45) is 0 Å². The Hall–Kier alpha value is -1.38. The van der Waals surface area contributed by atoms with Crippen molar-refractivity contribution in [3.63, 3.8) is 0 Å². The molecule has 0 bridgehead atoms. The summed E-state index contributed by atoms with van der Waals surface area (Å²) in [4.78, 5) is 2.55. The van der Waals surface area contributed by atoms with E-state index in [-0.39, 0.29) is 0 Å². The number of benzene rings is 2. The van der Waals surface area contributed by atoms with Gasteiger partial charge in [0.15, 0.2) is 0 Å². The van der Waals surface area contributed by atoms with E-state index in [1.54, 1.807) is 0 Å². The van der Waals surface area contributed by atoms with E-state index in [9.17, 15) is 0 Å². The van der Waals surface area contributed by atoms with Gasteiger partial charge in [0.1, 0.15) is 0 Å². The molecule has 112 valence electrons. The predicted molar refractivity (Wildman–Crippen MR) is 90.6 cm³/mol. The Morgan fingerprint density at radius 2 is 2.00 bits per heavy atom. The molecule has 1 N–H and O–H groups in total. The molecule has 0 aromatic heterocycles. The van der Waals surface area contributed by atoms with Gasteiger partial charge >= 0.3 is 0 Å². The van der Waals surface area contributed by atoms with Crippen LogP contribution in [0, 0.1) is 0 Å². The minimum absolute atomic E-state index is 0.401. The summed E-state index contributed by atoms with van der Waals surface area (Å²) in [6.45, 7) is 8.17. The molecule has 1 heterocycles. The standard InChI is InChI=1S/C19H26N2/c1-3-21-13-7-10-17(14-21)20-15(2)18-12-6-9-16-8-4-5-11-19(16)18/h4-6,8-9,11-12,15,17,20H,3,7,10,13-14H2,1-2H3. The minimum Gasteiger partial charge on any atom is -0.306 e. The Bertz CT molecular complexity index is 588. The van der Waals surface area contributed by atoms with Crippen LogP contribution in [0.4, 0.5) is 0 Å². The van der Waals surface area contributed by atoms with Crippen molar-refractivity contribution >= 4 is 10.8 Å². The maximum absolute atomic E-state index is 3.85. The van der Waals surface area contributed by atoms with Gasteiger partial charge in [0.2, 0.25) is 0 Å². The summed E-state index contributed by atoms with van der Waals surface area (Å²) in [5.41, 5.74) is 1.42. The number of hydrogen-bond acceptors (Lipinski definition) is 2. The van der Waals surface area contributed by atoms with Gasteiger partial charge in [0, 0.05) is 18.6 Å². The fourth-order valence-corrected chi connectivity index (χ4v) is 3.55. The molecule has 1 fully saturated rings. The third-order valence-corrected chi connectivity index (χ3v) is 4.73. The van der Waals surface area contributed by atoms with Crippen LogP contribution >= 0.6 is 0 Å². The van der Waals surface area contributed by atoms with Crippen molar-refractivity contribution < 1.29 is 0 Å². The summed E-state index contributed by atoms with van der Waals surface area (Å²) >= 11 is 0. The molecule has 0 saturated carbocycles. The molecule has 1 saturated heterocycles. The smallest absolute Gasteiger partial charge is 0.0301 e. The highest BCUT2D eigenvalue weighted by Gasteiger charge is 2.21. The average molecular weight is 282 g/mol. The molecule has 2 aromatic carbocycles. The Kier molecular flexibility index (Phi) is 4.57. The van der Waals surface area contributed by atoms with E-state index in [1.807, 2.05) is 0 Å². The molecule has 1 aliphatic rings. The van der Waals surface area contributed by atoms with Crippen LogP contribution in [0.2, 0.25) is 0 Å². The zero-order chi connectivity index (χ0) is 14.7. The van der Waals surface area contributed by atoms with Crippen molar-refractivity contribution in [1.82, 2.24) is 10.2 Å². The monoisotopic (exact) mass is 282 g/mol. The molecule has 21 heavy (non-hydrogen) atoms. The first kappa shape index (κ1) is 14.6. The number of fused-ring (bicyclic) bond motifs is 1. The molecule has 2 aromatic rings. The van der Waals surface area contributed by atoms with Gasteiger partial charge in [-0.25, -0.2) is 0 Å². The van der Waals surface area contributed by atoms with E-state index in [0.29, 0.717) is 12.1 Å². The molecule has 2 nitrogen and oxygen atoms in total. The summed E-state index contributed by atoms with van der Waals surface area (Å²) in [5, 5.41) is 6.56. The van der Waals surface area contributed by atoms with Gasteiger partial charge in [-0.15, -0.1) is 0 Å². The Morgan fingerprint density at radius 3 is 2.86 bits per heavy atom. The number of nitrogens with one attached hydrogen (secondary N) is 1. The predicted octanol–water partition coefficient (Wildman–Crippen LogP) is 3.97. The van der Waals surface area contributed by atoms with Crippen molar-refractivity contribution in [1.29, 1.82) is 0 Å². The average Bonchev–Trinajstić information content (AvgIpc) is 2.54. The molecule has 2 atom stereocenters. The van der Waals surface area contributed by atoms with Crippen molar-refractivity contribution in [3.8, 4) is 0 Å². The van der Waals surface area contributed by atoms with Crippen molar-refractivity contribution in [2.75, 3.05) is 19.6 Å². The molecule has 2 unspecified atom stereocenters. The lowest BCUT2D eigenvalue weighted by Gasteiger charge is -2.34. The number of nitrogens with zero attached hydrogens (tertiary/aromatic N) is 1. The molecule has 0 radical (unpaired) electrons. The van der Waals surface area contributed by atoms with Crippen molar-refractivity contribution in [3.05, 3.63) is 48.0 Å². The fourth-order valence-electron chi connectivity index (χ4n) is 3.55. The van der Waals surface area contributed by atoms with Crippen LogP contribution in [-0.4, -0.2) is 30.6 Å². The van der Waals surface area contributed by atoms with Crippen LogP contribution in [0.1, 0.15) is 38.3 Å². The number of rotatable bonds is 4. The second-order valence-corrected chi connectivity index (χ2v) is 6.19. The van der Waals surface area contributed by atoms with Gasteiger partial charge in [-0.1, -0.05) is 49.4 Å². The van der Waals surface area contributed by atoms with Gasteiger partial charge in [0.25, 0.3) is 0 Å². The highest BCUT2D eigenvalue weighted by Crippen LogP contribution is 2.25. The zero-order valence-corrected chi connectivity index (χ0v) is 13.2. The summed E-state index contributed by atoms with van der Waals surface area (Å²) < 4.78 is 0. The quantitative estimate of drug-likeness (QED) is 0.912. The van der Waals surface area contributed by atoms with E-state index < -0.39 is 0 Å². The second kappa shape index (κ2) is 6.59. The number of likely N-dealkylation sites (N-methyl/N-ethyl adjacent to an activating group) is 1. The summed E-state index contributed by atoms with van der Waals surface area (Å²) in [6, 6.07) is 16.3. The van der Waals surface area contributed by atoms with Crippen LogP contribution < -0.4 is 5.32 Å². The second-order valence-electron chi connectivity index (χ2n) is 6.19. The highest BCUT2D eigenvalue weighted by atomic mass is 15.2. The van der Waals surface area contributed by atoms with E-state index in [2.05, 4.69) is 66.5 Å². The van der Waals surface area contributed by atoms with Crippen LogP contribution in [0.25, 0.3) is 10.8 Å². The van der Waals surface area contributed by atoms with Gasteiger partial charge in [-0.2, -0.15) is 0 Å². The van der Waals surface area contributed by atoms with Crippen LogP contribution in [0.3, 0.4) is 0 Å². The molecular weight excluding hydrogens is 256 g/mol. The molecule has 2 heteroatoms. The minimum atomic E-state index is 0.401. The number of piperidine rings is 1. The summed E-state index contributed by atoms with van der Waals surface area (Å²) in [7, 11) is 0. The largest absolute Gasteiger partial charge is 0.306 e. The third-order valence-electron chi connectivity index (χ3n) is 4.73. The van der Waals surface area contributed by atoms with E-state index in [0.717, 1.165) is 0 Å². The van der Waals surface area contributed by atoms with E-state index in [1.165, 1.54) is 48.8 Å². The van der Waals surface area contributed by atoms with Crippen LogP contribution in [0.5, 0.6) is 0 Å². The fraction of sp³-hybridized carbons (Fsp3) is 0.474. The van der Waals surface area contributed by atoms with Gasteiger partial charge in [-0.3, -0.25) is 0 Å². The lowest BCUT2D eigenvalue weighted by atomic mass is 9.97. The normalized spacial score (nSPS) is 21.5. The van der Waals surface area contributed by atoms with Crippen molar-refractivity contribution in [2.45, 2.75) is 38.8 Å². The van der Waals surface area contributed by atoms with Gasteiger partial charge in [0.05, 0.1) is 0 Å². The lowest BCUT2D eigenvalue weighted by Crippen LogP contribution is -2.46. The van der Waals surface area contributed by atoms with E-state index in [4.69, 9.17) is 0 Å². The molecule has 0 spiro atoms. The first-order chi connectivity index (χ1) is 10.3. The first-order valence-electron chi connectivity index (χ1n) is 8.24. The molecular formula is C19H26N2. The molecule has 3 rings (SSSR count). The number of likely N-dealkylation sites (tertiary alicyclic amines) is 1. The Morgan fingerprint density at radius 1 is 1.19 bits per heavy atom. The molecule has 0 amide bonds. The highest BCUT2D eigenvalue weighted by molar-refractivity contribution is 5.86. The summed E-state index contributed by atoms with van der Waals surface area (Å²) in [6.07, 6.45) is 2.61. The SMILES string of the molecule is CCN1CCCC(NC(C)c2cccc3ccccc23)C1. The van der Waals surface area contributed by atoms with Gasteiger partial charge < -0.3 is 10.2 Å². The van der Waals surface area contributed by atoms with Crippen LogP contribution in [0.15, 0.2) is 42.5 Å². The number of hydrogen-bond donors (Lipinski definition) is 1. The molecule has 1 aliphatic heterocycles. The molecule has 0 aliphatic carbocycles. The topological polar surface area (TPSA) is 15.3 Å². The zero-order valence-electron chi connectivity index (χ0n) is 13.2. The maximum atomic E-state index is 3.85. The third kappa shape index (κ3) is 3.28. The maximum Gasteiger partial charge on any atom is 0.0301 e. The Labute approximate surface area is 128 Å². The Balaban J connectivity index is 1.76. The van der Waals surface area contributed by atoms with Crippen LogP contribution in [-0.2, 0) is 0 Å². The lowest BCUT2D eigenvalue weighted by molar-refractivity contribution is 0.192. The van der Waals surface area contributed by atoms with Gasteiger partial charge in [-0.05, 0) is 49.2 Å². The van der Waals surface area contributed by atoms with E-state index >= 15 is 0 Å². The summed E-state index contributed by atoms with van der Waals surface area (Å²) in [5.74, 6) is 0.